The number of hydrogen-bond donors (Lipinski definition) is 1. The van der Waals surface area contributed by atoms with E-state index in [-0.39, 0.29) is 5.91 Å². The number of anilines is 1. The molecule has 6 nitrogen and oxygen atoms in total. The number of amides is 1. The number of aromatic nitrogens is 4. The predicted molar refractivity (Wildman–Crippen MR) is 85.5 cm³/mol. The highest BCUT2D eigenvalue weighted by atomic mass is 32.1. The van der Waals surface area contributed by atoms with Gasteiger partial charge in [-0.25, -0.2) is 4.68 Å². The van der Waals surface area contributed by atoms with Crippen molar-refractivity contribution in [2.24, 2.45) is 0 Å². The molecule has 0 bridgehead atoms. The molecule has 1 amide bonds. The lowest BCUT2D eigenvalue weighted by Gasteiger charge is -2.05. The Hall–Kier alpha value is -2.54. The Morgan fingerprint density at radius 2 is 2.09 bits per heavy atom. The number of tetrazole rings is 1. The van der Waals surface area contributed by atoms with Gasteiger partial charge in [0, 0.05) is 10.6 Å². The highest BCUT2D eigenvalue weighted by Crippen LogP contribution is 2.23. The number of rotatable bonds is 4. The van der Waals surface area contributed by atoms with Gasteiger partial charge in [-0.2, -0.15) is 0 Å². The van der Waals surface area contributed by atoms with E-state index in [1.165, 1.54) is 28.1 Å². The molecule has 0 unspecified atom stereocenters. The standard InChI is InChI=1S/C15H15N5OS/c1-3-11-8-14(22-10(11)2)15(21)17-12-4-6-13(7-5-12)20-9-16-18-19-20/h4-9H,3H2,1-2H3,(H,17,21). The van der Waals surface area contributed by atoms with E-state index < -0.39 is 0 Å². The molecule has 3 aromatic rings. The smallest absolute Gasteiger partial charge is 0.265 e. The molecular weight excluding hydrogens is 298 g/mol. The summed E-state index contributed by atoms with van der Waals surface area (Å²) < 4.78 is 1.56. The van der Waals surface area contributed by atoms with Crippen LogP contribution in [0.4, 0.5) is 5.69 Å². The van der Waals surface area contributed by atoms with Crippen molar-refractivity contribution in [3.8, 4) is 5.69 Å². The van der Waals surface area contributed by atoms with Gasteiger partial charge < -0.3 is 5.32 Å². The number of nitrogens with one attached hydrogen (secondary N) is 1. The van der Waals surface area contributed by atoms with Gasteiger partial charge in [-0.1, -0.05) is 6.92 Å². The molecule has 1 N–H and O–H groups in total. The van der Waals surface area contributed by atoms with Crippen molar-refractivity contribution in [1.82, 2.24) is 20.2 Å². The Bertz CT molecular complexity index is 777. The fraction of sp³-hybridized carbons (Fsp3) is 0.200. The lowest BCUT2D eigenvalue weighted by atomic mass is 10.2. The molecule has 2 aromatic heterocycles. The number of aryl methyl sites for hydroxylation is 2. The topological polar surface area (TPSA) is 72.7 Å². The first-order valence-corrected chi connectivity index (χ1v) is 7.73. The summed E-state index contributed by atoms with van der Waals surface area (Å²) in [6, 6.07) is 9.32. The summed E-state index contributed by atoms with van der Waals surface area (Å²) in [7, 11) is 0. The second-order valence-corrected chi connectivity index (χ2v) is 6.06. The Balaban J connectivity index is 1.73. The van der Waals surface area contributed by atoms with Crippen LogP contribution in [0.25, 0.3) is 5.69 Å². The SMILES string of the molecule is CCc1cc(C(=O)Nc2ccc(-n3cnnn3)cc2)sc1C. The van der Waals surface area contributed by atoms with Crippen LogP contribution in [0.2, 0.25) is 0 Å². The number of carbonyl (C=O) groups excluding carboxylic acids is 1. The van der Waals surface area contributed by atoms with Crippen molar-refractivity contribution in [3.05, 3.63) is 52.0 Å². The average molecular weight is 313 g/mol. The quantitative estimate of drug-likeness (QED) is 0.804. The first kappa shape index (κ1) is 14.4. The fourth-order valence-electron chi connectivity index (χ4n) is 2.15. The van der Waals surface area contributed by atoms with Crippen LogP contribution in [-0.2, 0) is 6.42 Å². The molecule has 22 heavy (non-hydrogen) atoms. The van der Waals surface area contributed by atoms with Crippen molar-refractivity contribution < 1.29 is 4.79 Å². The van der Waals surface area contributed by atoms with Gasteiger partial charge in [-0.15, -0.1) is 16.4 Å². The molecule has 0 radical (unpaired) electrons. The summed E-state index contributed by atoms with van der Waals surface area (Å²) >= 11 is 1.52. The van der Waals surface area contributed by atoms with Crippen LogP contribution >= 0.6 is 11.3 Å². The largest absolute Gasteiger partial charge is 0.321 e. The molecule has 2 heterocycles. The third-order valence-corrected chi connectivity index (χ3v) is 4.46. The summed E-state index contributed by atoms with van der Waals surface area (Å²) in [4.78, 5) is 14.2. The minimum Gasteiger partial charge on any atom is -0.321 e. The van der Waals surface area contributed by atoms with Gasteiger partial charge in [0.25, 0.3) is 5.91 Å². The highest BCUT2D eigenvalue weighted by molar-refractivity contribution is 7.14. The maximum atomic E-state index is 12.3. The van der Waals surface area contributed by atoms with Crippen LogP contribution in [0.3, 0.4) is 0 Å². The Morgan fingerprint density at radius 1 is 1.32 bits per heavy atom. The molecule has 112 valence electrons. The molecule has 1 aromatic carbocycles. The Kier molecular flexibility index (Phi) is 3.97. The van der Waals surface area contributed by atoms with E-state index in [2.05, 4.69) is 27.8 Å². The van der Waals surface area contributed by atoms with Crippen LogP contribution in [0.5, 0.6) is 0 Å². The van der Waals surface area contributed by atoms with Gasteiger partial charge in [-0.05, 0) is 59.7 Å². The molecule has 0 aliphatic heterocycles. The lowest BCUT2D eigenvalue weighted by Crippen LogP contribution is -2.10. The van der Waals surface area contributed by atoms with Crippen molar-refractivity contribution in [2.75, 3.05) is 5.32 Å². The summed E-state index contributed by atoms with van der Waals surface area (Å²) in [6.45, 7) is 4.13. The molecule has 0 aliphatic carbocycles. The Morgan fingerprint density at radius 3 is 2.68 bits per heavy atom. The van der Waals surface area contributed by atoms with Gasteiger partial charge in [-0.3, -0.25) is 4.79 Å². The number of carbonyl (C=O) groups is 1. The van der Waals surface area contributed by atoms with Crippen LogP contribution in [0.1, 0.15) is 27.0 Å². The van der Waals surface area contributed by atoms with E-state index in [0.29, 0.717) is 0 Å². The number of nitrogens with zero attached hydrogens (tertiary/aromatic N) is 4. The number of hydrogen-bond acceptors (Lipinski definition) is 5. The zero-order valence-electron chi connectivity index (χ0n) is 12.3. The summed E-state index contributed by atoms with van der Waals surface area (Å²) in [5.41, 5.74) is 2.80. The second-order valence-electron chi connectivity index (χ2n) is 4.80. The first-order valence-electron chi connectivity index (χ1n) is 6.91. The molecule has 3 rings (SSSR count). The minimum absolute atomic E-state index is 0.0806. The van der Waals surface area contributed by atoms with E-state index in [1.54, 1.807) is 4.68 Å². The van der Waals surface area contributed by atoms with Gasteiger partial charge in [0.05, 0.1) is 10.6 Å². The summed E-state index contributed by atoms with van der Waals surface area (Å²) in [6.07, 6.45) is 2.46. The maximum absolute atomic E-state index is 12.3. The van der Waals surface area contributed by atoms with E-state index in [0.717, 1.165) is 22.7 Å². The predicted octanol–water partition coefficient (Wildman–Crippen LogP) is 2.85. The van der Waals surface area contributed by atoms with Gasteiger partial charge in [0.2, 0.25) is 0 Å². The number of thiophene rings is 1. The molecular formula is C15H15N5OS. The summed E-state index contributed by atoms with van der Waals surface area (Å²) in [5, 5.41) is 13.9. The first-order chi connectivity index (χ1) is 10.7. The third-order valence-electron chi connectivity index (χ3n) is 3.36. The molecule has 0 spiro atoms. The van der Waals surface area contributed by atoms with E-state index in [4.69, 9.17) is 0 Å². The fourth-order valence-corrected chi connectivity index (χ4v) is 3.16. The highest BCUT2D eigenvalue weighted by Gasteiger charge is 2.12. The van der Waals surface area contributed by atoms with Crippen molar-refractivity contribution in [2.45, 2.75) is 20.3 Å². The van der Waals surface area contributed by atoms with Crippen LogP contribution in [0.15, 0.2) is 36.7 Å². The van der Waals surface area contributed by atoms with Crippen LogP contribution in [-0.4, -0.2) is 26.1 Å². The summed E-state index contributed by atoms with van der Waals surface area (Å²) in [5.74, 6) is -0.0806. The molecule has 0 fully saturated rings. The minimum atomic E-state index is -0.0806. The lowest BCUT2D eigenvalue weighted by molar-refractivity contribution is 0.103. The van der Waals surface area contributed by atoms with E-state index >= 15 is 0 Å². The molecule has 0 saturated heterocycles. The molecule has 0 atom stereocenters. The van der Waals surface area contributed by atoms with Gasteiger partial charge >= 0.3 is 0 Å². The third kappa shape index (κ3) is 2.89. The molecule has 0 aliphatic rings. The van der Waals surface area contributed by atoms with Gasteiger partial charge in [0.1, 0.15) is 6.33 Å². The normalized spacial score (nSPS) is 10.6. The zero-order chi connectivity index (χ0) is 15.5. The van der Waals surface area contributed by atoms with Crippen molar-refractivity contribution >= 4 is 22.9 Å². The maximum Gasteiger partial charge on any atom is 0.265 e. The van der Waals surface area contributed by atoms with E-state index in [1.807, 2.05) is 37.3 Å². The average Bonchev–Trinajstić information content (AvgIpc) is 3.17. The van der Waals surface area contributed by atoms with Crippen molar-refractivity contribution in [1.29, 1.82) is 0 Å². The van der Waals surface area contributed by atoms with Crippen molar-refractivity contribution in [3.63, 3.8) is 0 Å². The Labute approximate surface area is 131 Å². The molecule has 0 saturated carbocycles. The monoisotopic (exact) mass is 313 g/mol. The van der Waals surface area contributed by atoms with Crippen LogP contribution < -0.4 is 5.32 Å². The second kappa shape index (κ2) is 6.07. The van der Waals surface area contributed by atoms with Gasteiger partial charge in [0.15, 0.2) is 0 Å². The van der Waals surface area contributed by atoms with Crippen LogP contribution in [0, 0.1) is 6.92 Å². The molecule has 7 heteroatoms. The van der Waals surface area contributed by atoms with E-state index in [9.17, 15) is 4.79 Å². The zero-order valence-corrected chi connectivity index (χ0v) is 13.1. The number of benzene rings is 1.